The average molecular weight is 321 g/mol. The van der Waals surface area contributed by atoms with E-state index >= 15 is 0 Å². The first-order valence-corrected chi connectivity index (χ1v) is 6.91. The Morgan fingerprint density at radius 1 is 1.14 bits per heavy atom. The fraction of sp³-hybridized carbons (Fsp3) is 0.125. The molecule has 0 aliphatic carbocycles. The zero-order valence-electron chi connectivity index (χ0n) is 11.6. The molecule has 0 radical (unpaired) electrons. The smallest absolute Gasteiger partial charge is 0.254 e. The molecule has 0 saturated carbocycles. The van der Waals surface area contributed by atoms with Crippen LogP contribution >= 0.6 is 11.6 Å². The van der Waals surface area contributed by atoms with Crippen molar-refractivity contribution in [2.45, 2.75) is 6.54 Å². The van der Waals surface area contributed by atoms with Crippen LogP contribution in [0.5, 0.6) is 0 Å². The molecule has 0 bridgehead atoms. The maximum absolute atomic E-state index is 13.8. The predicted octanol–water partition coefficient (Wildman–Crippen LogP) is 2.61. The summed E-state index contributed by atoms with van der Waals surface area (Å²) in [5.41, 5.74) is 5.79. The summed E-state index contributed by atoms with van der Waals surface area (Å²) in [6.45, 7) is -0.400. The summed E-state index contributed by atoms with van der Waals surface area (Å²) in [4.78, 5) is 24.8. The van der Waals surface area contributed by atoms with Crippen molar-refractivity contribution in [2.75, 3.05) is 6.54 Å². The monoisotopic (exact) mass is 320 g/mol. The fourth-order valence-electron chi connectivity index (χ4n) is 2.02. The highest BCUT2D eigenvalue weighted by Crippen LogP contribution is 2.18. The molecule has 0 spiro atoms. The van der Waals surface area contributed by atoms with Crippen molar-refractivity contribution in [2.24, 2.45) is 5.73 Å². The Balaban J connectivity index is 2.28. The molecule has 114 valence electrons. The van der Waals surface area contributed by atoms with Gasteiger partial charge in [-0.15, -0.1) is 0 Å². The summed E-state index contributed by atoms with van der Waals surface area (Å²) in [7, 11) is 0. The highest BCUT2D eigenvalue weighted by atomic mass is 35.5. The number of amides is 2. The van der Waals surface area contributed by atoms with Gasteiger partial charge >= 0.3 is 0 Å². The van der Waals surface area contributed by atoms with E-state index in [1.165, 1.54) is 23.1 Å². The largest absolute Gasteiger partial charge is 0.368 e. The second kappa shape index (κ2) is 7.04. The van der Waals surface area contributed by atoms with Gasteiger partial charge in [-0.25, -0.2) is 4.39 Å². The number of nitrogens with two attached hydrogens (primary N) is 1. The van der Waals surface area contributed by atoms with Gasteiger partial charge in [0.05, 0.1) is 6.54 Å². The first-order chi connectivity index (χ1) is 10.5. The number of primary amides is 1. The molecule has 2 rings (SSSR count). The highest BCUT2D eigenvalue weighted by Gasteiger charge is 2.19. The molecule has 4 nitrogen and oxygen atoms in total. The lowest BCUT2D eigenvalue weighted by atomic mass is 10.1. The minimum atomic E-state index is -0.674. The van der Waals surface area contributed by atoms with Crippen LogP contribution in [0.2, 0.25) is 5.02 Å². The van der Waals surface area contributed by atoms with Crippen molar-refractivity contribution in [3.63, 3.8) is 0 Å². The van der Waals surface area contributed by atoms with E-state index in [0.717, 1.165) is 0 Å². The molecule has 2 amide bonds. The van der Waals surface area contributed by atoms with Crippen LogP contribution in [0, 0.1) is 5.82 Å². The highest BCUT2D eigenvalue weighted by molar-refractivity contribution is 6.30. The molecule has 0 atom stereocenters. The lowest BCUT2D eigenvalue weighted by Gasteiger charge is -2.21. The van der Waals surface area contributed by atoms with Gasteiger partial charge in [0.2, 0.25) is 5.91 Å². The third kappa shape index (κ3) is 4.05. The Bertz CT molecular complexity index is 692. The Kier molecular flexibility index (Phi) is 5.12. The fourth-order valence-corrected chi connectivity index (χ4v) is 2.22. The van der Waals surface area contributed by atoms with Crippen LogP contribution < -0.4 is 5.73 Å². The number of carbonyl (C=O) groups excluding carboxylic acids is 2. The summed E-state index contributed by atoms with van der Waals surface area (Å²) in [6, 6.07) is 12.5. The van der Waals surface area contributed by atoms with E-state index in [0.29, 0.717) is 10.6 Å². The molecule has 0 aliphatic heterocycles. The molecule has 22 heavy (non-hydrogen) atoms. The molecule has 0 saturated heterocycles. The van der Waals surface area contributed by atoms with E-state index in [1.807, 2.05) is 0 Å². The summed E-state index contributed by atoms with van der Waals surface area (Å²) in [5, 5.41) is 0.350. The van der Waals surface area contributed by atoms with Crippen LogP contribution in [0.4, 0.5) is 4.39 Å². The number of benzene rings is 2. The van der Waals surface area contributed by atoms with Gasteiger partial charge in [0.1, 0.15) is 5.82 Å². The second-order valence-electron chi connectivity index (χ2n) is 4.73. The van der Waals surface area contributed by atoms with Crippen LogP contribution in [-0.2, 0) is 11.3 Å². The van der Waals surface area contributed by atoms with Crippen LogP contribution in [0.15, 0.2) is 48.5 Å². The topological polar surface area (TPSA) is 63.4 Å². The lowest BCUT2D eigenvalue weighted by molar-refractivity contribution is -0.118. The van der Waals surface area contributed by atoms with E-state index in [9.17, 15) is 14.0 Å². The molecular formula is C16H14ClFN2O2. The molecule has 0 unspecified atom stereocenters. The van der Waals surface area contributed by atoms with E-state index in [-0.39, 0.29) is 18.7 Å². The number of hydrogen-bond acceptors (Lipinski definition) is 2. The Labute approximate surface area is 132 Å². The number of halogens is 2. The molecule has 6 heteroatoms. The van der Waals surface area contributed by atoms with E-state index < -0.39 is 17.6 Å². The first-order valence-electron chi connectivity index (χ1n) is 6.54. The molecule has 2 aromatic rings. The molecule has 0 heterocycles. The summed E-state index contributed by atoms with van der Waals surface area (Å²) in [5.74, 6) is -1.58. The molecule has 2 aromatic carbocycles. The Morgan fingerprint density at radius 2 is 1.82 bits per heavy atom. The SMILES string of the molecule is NC(=O)CN(Cc1cc(Cl)ccc1F)C(=O)c1ccccc1. The van der Waals surface area contributed by atoms with Crippen molar-refractivity contribution in [1.29, 1.82) is 0 Å². The van der Waals surface area contributed by atoms with Gasteiger partial charge in [-0.2, -0.15) is 0 Å². The van der Waals surface area contributed by atoms with E-state index in [1.54, 1.807) is 30.3 Å². The van der Waals surface area contributed by atoms with E-state index in [4.69, 9.17) is 17.3 Å². The van der Waals surface area contributed by atoms with Gasteiger partial charge in [-0.1, -0.05) is 29.8 Å². The van der Waals surface area contributed by atoms with Gasteiger partial charge in [0.25, 0.3) is 5.91 Å². The maximum Gasteiger partial charge on any atom is 0.254 e. The van der Waals surface area contributed by atoms with E-state index in [2.05, 4.69) is 0 Å². The van der Waals surface area contributed by atoms with Gasteiger partial charge in [-0.05, 0) is 30.3 Å². The van der Waals surface area contributed by atoms with Crippen LogP contribution in [-0.4, -0.2) is 23.3 Å². The minimum Gasteiger partial charge on any atom is -0.368 e. The van der Waals surface area contributed by atoms with Crippen molar-refractivity contribution < 1.29 is 14.0 Å². The molecule has 0 aromatic heterocycles. The van der Waals surface area contributed by atoms with Crippen molar-refractivity contribution in [3.05, 3.63) is 70.5 Å². The van der Waals surface area contributed by atoms with Crippen LogP contribution in [0.1, 0.15) is 15.9 Å². The number of carbonyl (C=O) groups is 2. The molecule has 2 N–H and O–H groups in total. The van der Waals surface area contributed by atoms with Crippen molar-refractivity contribution in [1.82, 2.24) is 4.90 Å². The predicted molar refractivity (Wildman–Crippen MR) is 81.8 cm³/mol. The second-order valence-corrected chi connectivity index (χ2v) is 5.17. The zero-order valence-corrected chi connectivity index (χ0v) is 12.4. The standard InChI is InChI=1S/C16H14ClFN2O2/c17-13-6-7-14(18)12(8-13)9-20(10-15(19)21)16(22)11-4-2-1-3-5-11/h1-8H,9-10H2,(H2,19,21). The van der Waals surface area contributed by atoms with Crippen molar-refractivity contribution in [3.8, 4) is 0 Å². The average Bonchev–Trinajstić information content (AvgIpc) is 2.50. The Hall–Kier alpha value is -2.40. The molecule has 0 aliphatic rings. The van der Waals surface area contributed by atoms with Crippen molar-refractivity contribution >= 4 is 23.4 Å². The minimum absolute atomic E-state index is 0.0942. The number of rotatable bonds is 5. The van der Waals surface area contributed by atoms with Crippen LogP contribution in [0.25, 0.3) is 0 Å². The summed E-state index contributed by atoms with van der Waals surface area (Å²) in [6.07, 6.45) is 0. The van der Waals surface area contributed by atoms with Crippen LogP contribution in [0.3, 0.4) is 0 Å². The normalized spacial score (nSPS) is 10.3. The number of hydrogen-bond donors (Lipinski definition) is 1. The quantitative estimate of drug-likeness (QED) is 0.920. The van der Waals surface area contributed by atoms with Gasteiger partial charge in [-0.3, -0.25) is 9.59 Å². The van der Waals surface area contributed by atoms with Gasteiger partial charge in [0, 0.05) is 22.7 Å². The lowest BCUT2D eigenvalue weighted by Crippen LogP contribution is -2.38. The summed E-state index contributed by atoms with van der Waals surface area (Å²) >= 11 is 5.84. The molecule has 0 fully saturated rings. The Morgan fingerprint density at radius 3 is 2.45 bits per heavy atom. The summed E-state index contributed by atoms with van der Waals surface area (Å²) < 4.78 is 13.8. The van der Waals surface area contributed by atoms with Gasteiger partial charge in [0.15, 0.2) is 0 Å². The third-order valence-corrected chi connectivity index (χ3v) is 3.26. The zero-order chi connectivity index (χ0) is 16.1. The maximum atomic E-state index is 13.8. The first kappa shape index (κ1) is 16.0. The molecular weight excluding hydrogens is 307 g/mol. The van der Waals surface area contributed by atoms with Gasteiger partial charge < -0.3 is 10.6 Å². The number of nitrogens with zero attached hydrogens (tertiary/aromatic N) is 1. The third-order valence-electron chi connectivity index (χ3n) is 3.02.